The van der Waals surface area contributed by atoms with Crippen molar-refractivity contribution in [3.8, 4) is 11.1 Å². The van der Waals surface area contributed by atoms with E-state index in [0.29, 0.717) is 5.69 Å². The lowest BCUT2D eigenvalue weighted by molar-refractivity contribution is 0.0879. The molecule has 1 heterocycles. The molecule has 134 valence electrons. The predicted octanol–water partition coefficient (Wildman–Crippen LogP) is 3.04. The molecule has 2 N–H and O–H groups in total. The third-order valence-electron chi connectivity index (χ3n) is 4.26. The standard InChI is InChI=1S/C20H14N2O4S/c23-19-17-11-10-16(12-18(17)20(24)21-19)27(25,26)22-15-8-6-14(7-9-15)13-4-2-1-3-5-13/h1-12,22H,(H,21,23,24). The van der Waals surface area contributed by atoms with Crippen molar-refractivity contribution in [3.63, 3.8) is 0 Å². The molecule has 1 aliphatic heterocycles. The second-order valence-corrected chi connectivity index (χ2v) is 7.72. The summed E-state index contributed by atoms with van der Waals surface area (Å²) in [5.41, 5.74) is 2.62. The summed E-state index contributed by atoms with van der Waals surface area (Å²) in [4.78, 5) is 23.2. The van der Waals surface area contributed by atoms with Crippen LogP contribution in [-0.2, 0) is 10.0 Å². The second-order valence-electron chi connectivity index (χ2n) is 6.04. The summed E-state index contributed by atoms with van der Waals surface area (Å²) in [7, 11) is -3.89. The molecule has 3 aromatic rings. The lowest BCUT2D eigenvalue weighted by Crippen LogP contribution is -2.19. The van der Waals surface area contributed by atoms with E-state index in [4.69, 9.17) is 0 Å². The molecule has 0 unspecified atom stereocenters. The molecule has 6 nitrogen and oxygen atoms in total. The summed E-state index contributed by atoms with van der Waals surface area (Å²) in [5.74, 6) is -1.12. The molecule has 0 aliphatic carbocycles. The molecule has 0 spiro atoms. The molecule has 2 amide bonds. The van der Waals surface area contributed by atoms with Crippen molar-refractivity contribution in [2.45, 2.75) is 4.90 Å². The Kier molecular flexibility index (Phi) is 4.01. The number of imide groups is 1. The normalized spacial score (nSPS) is 13.2. The van der Waals surface area contributed by atoms with E-state index < -0.39 is 21.8 Å². The fourth-order valence-electron chi connectivity index (χ4n) is 2.89. The Morgan fingerprint density at radius 1 is 0.704 bits per heavy atom. The summed E-state index contributed by atoms with van der Waals surface area (Å²) in [6.07, 6.45) is 0. The zero-order valence-corrected chi connectivity index (χ0v) is 14.8. The number of fused-ring (bicyclic) bond motifs is 1. The van der Waals surface area contributed by atoms with E-state index in [0.717, 1.165) is 11.1 Å². The molecule has 4 rings (SSSR count). The molecule has 0 saturated carbocycles. The van der Waals surface area contributed by atoms with E-state index in [-0.39, 0.29) is 16.0 Å². The number of carbonyl (C=O) groups excluding carboxylic acids is 2. The molecular weight excluding hydrogens is 364 g/mol. The van der Waals surface area contributed by atoms with Crippen LogP contribution in [0.5, 0.6) is 0 Å². The number of rotatable bonds is 4. The van der Waals surface area contributed by atoms with E-state index in [9.17, 15) is 18.0 Å². The van der Waals surface area contributed by atoms with Gasteiger partial charge in [0.2, 0.25) is 0 Å². The van der Waals surface area contributed by atoms with Gasteiger partial charge < -0.3 is 0 Å². The molecule has 7 heteroatoms. The highest BCUT2D eigenvalue weighted by atomic mass is 32.2. The third-order valence-corrected chi connectivity index (χ3v) is 5.64. The number of amides is 2. The first-order valence-corrected chi connectivity index (χ1v) is 9.60. The lowest BCUT2D eigenvalue weighted by Gasteiger charge is -2.10. The number of anilines is 1. The maximum absolute atomic E-state index is 12.6. The molecule has 0 radical (unpaired) electrons. The average molecular weight is 378 g/mol. The van der Waals surface area contributed by atoms with Crippen molar-refractivity contribution in [1.29, 1.82) is 0 Å². The molecule has 27 heavy (non-hydrogen) atoms. The van der Waals surface area contributed by atoms with Gasteiger partial charge in [0.1, 0.15) is 0 Å². The van der Waals surface area contributed by atoms with E-state index in [1.165, 1.54) is 18.2 Å². The van der Waals surface area contributed by atoms with Gasteiger partial charge in [-0.25, -0.2) is 8.42 Å². The summed E-state index contributed by atoms with van der Waals surface area (Å²) in [5, 5.41) is 2.14. The number of sulfonamides is 1. The zero-order valence-electron chi connectivity index (χ0n) is 14.0. The summed E-state index contributed by atoms with van der Waals surface area (Å²) < 4.78 is 27.7. The van der Waals surface area contributed by atoms with Gasteiger partial charge in [-0.2, -0.15) is 0 Å². The summed E-state index contributed by atoms with van der Waals surface area (Å²) >= 11 is 0. The molecule has 1 aliphatic rings. The van der Waals surface area contributed by atoms with Crippen molar-refractivity contribution in [3.05, 3.63) is 83.9 Å². The van der Waals surface area contributed by atoms with Crippen LogP contribution in [0.2, 0.25) is 0 Å². The van der Waals surface area contributed by atoms with Gasteiger partial charge in [-0.15, -0.1) is 0 Å². The first kappa shape index (κ1) is 17.0. The van der Waals surface area contributed by atoms with Gasteiger partial charge in [0.25, 0.3) is 21.8 Å². The maximum Gasteiger partial charge on any atom is 0.261 e. The lowest BCUT2D eigenvalue weighted by atomic mass is 10.1. The van der Waals surface area contributed by atoms with Gasteiger partial charge in [0, 0.05) is 5.69 Å². The number of hydrogen-bond acceptors (Lipinski definition) is 4. The van der Waals surface area contributed by atoms with E-state index in [2.05, 4.69) is 10.0 Å². The molecule has 0 saturated heterocycles. The van der Waals surface area contributed by atoms with Crippen molar-refractivity contribution < 1.29 is 18.0 Å². The molecule has 0 fully saturated rings. The highest BCUT2D eigenvalue weighted by Crippen LogP contribution is 2.24. The molecule has 0 aromatic heterocycles. The number of nitrogens with one attached hydrogen (secondary N) is 2. The Morgan fingerprint density at radius 3 is 2.04 bits per heavy atom. The monoisotopic (exact) mass is 378 g/mol. The van der Waals surface area contributed by atoms with E-state index in [1.54, 1.807) is 12.1 Å². The minimum Gasteiger partial charge on any atom is -0.288 e. The molecular formula is C20H14N2O4S. The Bertz CT molecular complexity index is 1150. The molecule has 0 bridgehead atoms. The number of carbonyl (C=O) groups is 2. The minimum absolute atomic E-state index is 0.0577. The number of benzene rings is 3. The fourth-order valence-corrected chi connectivity index (χ4v) is 3.97. The van der Waals surface area contributed by atoms with Crippen LogP contribution in [0.1, 0.15) is 20.7 Å². The van der Waals surface area contributed by atoms with Crippen LogP contribution in [0, 0.1) is 0 Å². The average Bonchev–Trinajstić information content (AvgIpc) is 2.96. The van der Waals surface area contributed by atoms with Gasteiger partial charge in [-0.1, -0.05) is 42.5 Å². The van der Waals surface area contributed by atoms with E-state index in [1.807, 2.05) is 42.5 Å². The zero-order chi connectivity index (χ0) is 19.0. The highest BCUT2D eigenvalue weighted by molar-refractivity contribution is 7.92. The first-order chi connectivity index (χ1) is 12.9. The maximum atomic E-state index is 12.6. The van der Waals surface area contributed by atoms with Gasteiger partial charge in [-0.3, -0.25) is 19.6 Å². The third kappa shape index (κ3) is 3.20. The van der Waals surface area contributed by atoms with Crippen LogP contribution in [0.25, 0.3) is 11.1 Å². The molecule has 0 atom stereocenters. The van der Waals surface area contributed by atoms with Crippen molar-refractivity contribution in [1.82, 2.24) is 5.32 Å². The first-order valence-electron chi connectivity index (χ1n) is 8.12. The van der Waals surface area contributed by atoms with E-state index >= 15 is 0 Å². The van der Waals surface area contributed by atoms with Gasteiger partial charge in [0.15, 0.2) is 0 Å². The quantitative estimate of drug-likeness (QED) is 0.683. The van der Waals surface area contributed by atoms with Gasteiger partial charge in [-0.05, 0) is 41.5 Å². The smallest absolute Gasteiger partial charge is 0.261 e. The van der Waals surface area contributed by atoms with Crippen LogP contribution in [0.3, 0.4) is 0 Å². The van der Waals surface area contributed by atoms with Crippen LogP contribution >= 0.6 is 0 Å². The predicted molar refractivity (Wildman–Crippen MR) is 101 cm³/mol. The second kappa shape index (κ2) is 6.37. The van der Waals surface area contributed by atoms with Gasteiger partial charge in [0.05, 0.1) is 16.0 Å². The van der Waals surface area contributed by atoms with Crippen molar-refractivity contribution in [2.24, 2.45) is 0 Å². The van der Waals surface area contributed by atoms with Crippen LogP contribution in [0.4, 0.5) is 5.69 Å². The Hall–Kier alpha value is -3.45. The number of hydrogen-bond donors (Lipinski definition) is 2. The highest BCUT2D eigenvalue weighted by Gasteiger charge is 2.28. The fraction of sp³-hybridized carbons (Fsp3) is 0. The van der Waals surface area contributed by atoms with Crippen molar-refractivity contribution >= 4 is 27.5 Å². The van der Waals surface area contributed by atoms with Crippen LogP contribution in [0.15, 0.2) is 77.7 Å². The topological polar surface area (TPSA) is 92.3 Å². The summed E-state index contributed by atoms with van der Waals surface area (Å²) in [6.45, 7) is 0. The Labute approximate surface area is 155 Å². The summed E-state index contributed by atoms with van der Waals surface area (Å²) in [6, 6.07) is 20.6. The molecule has 3 aromatic carbocycles. The van der Waals surface area contributed by atoms with Crippen LogP contribution < -0.4 is 10.0 Å². The Morgan fingerprint density at radius 2 is 1.33 bits per heavy atom. The Balaban J connectivity index is 1.60. The van der Waals surface area contributed by atoms with Gasteiger partial charge >= 0.3 is 0 Å². The largest absolute Gasteiger partial charge is 0.288 e. The SMILES string of the molecule is O=C1NC(=O)c2cc(S(=O)(=O)Nc3ccc(-c4ccccc4)cc3)ccc21. The minimum atomic E-state index is -3.89. The van der Waals surface area contributed by atoms with Crippen molar-refractivity contribution in [2.75, 3.05) is 4.72 Å². The van der Waals surface area contributed by atoms with Crippen LogP contribution in [-0.4, -0.2) is 20.2 Å².